The predicted octanol–water partition coefficient (Wildman–Crippen LogP) is 2.48. The summed E-state index contributed by atoms with van der Waals surface area (Å²) in [6.07, 6.45) is 3.37. The topological polar surface area (TPSA) is 52.0 Å². The van der Waals surface area contributed by atoms with E-state index >= 15 is 0 Å². The zero-order chi connectivity index (χ0) is 13.0. The van der Waals surface area contributed by atoms with Crippen LogP contribution in [-0.2, 0) is 13.6 Å². The van der Waals surface area contributed by atoms with Crippen molar-refractivity contribution in [3.8, 4) is 5.88 Å². The van der Waals surface area contributed by atoms with E-state index in [0.29, 0.717) is 24.2 Å². The summed E-state index contributed by atoms with van der Waals surface area (Å²) >= 11 is 5.91. The van der Waals surface area contributed by atoms with Gasteiger partial charge in [-0.15, -0.1) is 0 Å². The van der Waals surface area contributed by atoms with Crippen molar-refractivity contribution in [2.24, 2.45) is 7.05 Å². The summed E-state index contributed by atoms with van der Waals surface area (Å²) in [5, 5.41) is 3.85. The van der Waals surface area contributed by atoms with Gasteiger partial charge in [-0.05, 0) is 13.0 Å². The number of aromatic nitrogens is 3. The van der Waals surface area contributed by atoms with Gasteiger partial charge in [0.2, 0.25) is 5.88 Å². The second-order valence-electron chi connectivity index (χ2n) is 3.73. The standard InChI is InChI=1S/C12H15ClN4O/c1-3-18-12-5-4-9(6-16-12)14-8-11-15-7-10(13)17(11)2/h4-7,14H,3,8H2,1-2H3. The van der Waals surface area contributed by atoms with Gasteiger partial charge in [-0.2, -0.15) is 0 Å². The molecule has 18 heavy (non-hydrogen) atoms. The fourth-order valence-corrected chi connectivity index (χ4v) is 1.63. The molecule has 0 bridgehead atoms. The molecule has 96 valence electrons. The van der Waals surface area contributed by atoms with E-state index in [1.54, 1.807) is 12.4 Å². The third-order valence-electron chi connectivity index (χ3n) is 2.51. The summed E-state index contributed by atoms with van der Waals surface area (Å²) in [5.74, 6) is 1.50. The summed E-state index contributed by atoms with van der Waals surface area (Å²) in [5.41, 5.74) is 0.914. The molecule has 0 radical (unpaired) electrons. The van der Waals surface area contributed by atoms with E-state index in [2.05, 4.69) is 15.3 Å². The number of anilines is 1. The SMILES string of the molecule is CCOc1ccc(NCc2ncc(Cl)n2C)cn1. The molecule has 1 N–H and O–H groups in total. The summed E-state index contributed by atoms with van der Waals surface area (Å²) in [4.78, 5) is 8.37. The van der Waals surface area contributed by atoms with Gasteiger partial charge in [-0.25, -0.2) is 9.97 Å². The van der Waals surface area contributed by atoms with Gasteiger partial charge in [0.25, 0.3) is 0 Å². The van der Waals surface area contributed by atoms with Crippen molar-refractivity contribution in [2.45, 2.75) is 13.5 Å². The van der Waals surface area contributed by atoms with Crippen LogP contribution < -0.4 is 10.1 Å². The molecular weight excluding hydrogens is 252 g/mol. The quantitative estimate of drug-likeness (QED) is 0.903. The largest absolute Gasteiger partial charge is 0.478 e. The highest BCUT2D eigenvalue weighted by Crippen LogP contribution is 2.14. The highest BCUT2D eigenvalue weighted by Gasteiger charge is 2.04. The lowest BCUT2D eigenvalue weighted by molar-refractivity contribution is 0.327. The maximum atomic E-state index is 5.91. The van der Waals surface area contributed by atoms with Gasteiger partial charge in [0.1, 0.15) is 11.0 Å². The van der Waals surface area contributed by atoms with Crippen LogP contribution in [-0.4, -0.2) is 21.1 Å². The van der Waals surface area contributed by atoms with Gasteiger partial charge in [-0.3, -0.25) is 0 Å². The Balaban J connectivity index is 1.96. The van der Waals surface area contributed by atoms with Gasteiger partial charge in [0.05, 0.1) is 31.2 Å². The Kier molecular flexibility index (Phi) is 4.04. The van der Waals surface area contributed by atoms with Gasteiger partial charge in [0.15, 0.2) is 0 Å². The Morgan fingerprint density at radius 3 is 2.72 bits per heavy atom. The van der Waals surface area contributed by atoms with Crippen LogP contribution >= 0.6 is 11.6 Å². The molecule has 5 nitrogen and oxygen atoms in total. The smallest absolute Gasteiger partial charge is 0.213 e. The van der Waals surface area contributed by atoms with Crippen LogP contribution in [0.25, 0.3) is 0 Å². The van der Waals surface area contributed by atoms with Crippen LogP contribution in [0, 0.1) is 0 Å². The molecule has 0 fully saturated rings. The molecule has 0 unspecified atom stereocenters. The average molecular weight is 267 g/mol. The number of nitrogens with one attached hydrogen (secondary N) is 1. The van der Waals surface area contributed by atoms with Gasteiger partial charge in [-0.1, -0.05) is 11.6 Å². The maximum absolute atomic E-state index is 5.91. The van der Waals surface area contributed by atoms with E-state index in [1.165, 1.54) is 0 Å². The maximum Gasteiger partial charge on any atom is 0.213 e. The van der Waals surface area contributed by atoms with Crippen molar-refractivity contribution in [3.63, 3.8) is 0 Å². The average Bonchev–Trinajstić information content (AvgIpc) is 2.70. The molecule has 0 aromatic carbocycles. The number of imidazole rings is 1. The minimum absolute atomic E-state index is 0.596. The lowest BCUT2D eigenvalue weighted by atomic mass is 10.4. The second-order valence-corrected chi connectivity index (χ2v) is 4.12. The van der Waals surface area contributed by atoms with Crippen molar-refractivity contribution in [2.75, 3.05) is 11.9 Å². The first-order chi connectivity index (χ1) is 8.70. The van der Waals surface area contributed by atoms with Crippen molar-refractivity contribution >= 4 is 17.3 Å². The van der Waals surface area contributed by atoms with Crippen molar-refractivity contribution < 1.29 is 4.74 Å². The van der Waals surface area contributed by atoms with E-state index in [9.17, 15) is 0 Å². The first-order valence-corrected chi connectivity index (χ1v) is 6.07. The normalized spacial score (nSPS) is 10.4. The molecule has 0 atom stereocenters. The number of halogens is 1. The number of hydrogen-bond donors (Lipinski definition) is 1. The number of rotatable bonds is 5. The molecule has 6 heteroatoms. The van der Waals surface area contributed by atoms with Crippen molar-refractivity contribution in [1.29, 1.82) is 0 Å². The summed E-state index contributed by atoms with van der Waals surface area (Å²) in [6.45, 7) is 3.14. The molecule has 0 aliphatic heterocycles. The molecule has 2 aromatic rings. The number of nitrogens with zero attached hydrogens (tertiary/aromatic N) is 3. The van der Waals surface area contributed by atoms with E-state index in [0.717, 1.165) is 11.5 Å². The fraction of sp³-hybridized carbons (Fsp3) is 0.333. The highest BCUT2D eigenvalue weighted by molar-refractivity contribution is 6.29. The van der Waals surface area contributed by atoms with Gasteiger partial charge in [0, 0.05) is 13.1 Å². The monoisotopic (exact) mass is 266 g/mol. The van der Waals surface area contributed by atoms with Crippen LogP contribution in [0.5, 0.6) is 5.88 Å². The molecule has 0 aliphatic carbocycles. The zero-order valence-electron chi connectivity index (χ0n) is 10.4. The summed E-state index contributed by atoms with van der Waals surface area (Å²) in [7, 11) is 1.88. The van der Waals surface area contributed by atoms with E-state index < -0.39 is 0 Å². The summed E-state index contributed by atoms with van der Waals surface area (Å²) < 4.78 is 7.10. The van der Waals surface area contributed by atoms with E-state index in [4.69, 9.17) is 16.3 Å². The minimum Gasteiger partial charge on any atom is -0.478 e. The van der Waals surface area contributed by atoms with E-state index in [1.807, 2.05) is 30.7 Å². The number of hydrogen-bond acceptors (Lipinski definition) is 4. The lowest BCUT2D eigenvalue weighted by Crippen LogP contribution is -2.06. The third-order valence-corrected chi connectivity index (χ3v) is 2.86. The number of pyridine rings is 1. The van der Waals surface area contributed by atoms with Crippen LogP contribution in [0.2, 0.25) is 5.15 Å². The fourth-order valence-electron chi connectivity index (χ4n) is 1.49. The van der Waals surface area contributed by atoms with Crippen LogP contribution in [0.3, 0.4) is 0 Å². The van der Waals surface area contributed by atoms with E-state index in [-0.39, 0.29) is 0 Å². The van der Waals surface area contributed by atoms with Crippen molar-refractivity contribution in [3.05, 3.63) is 35.5 Å². The van der Waals surface area contributed by atoms with Crippen molar-refractivity contribution in [1.82, 2.24) is 14.5 Å². The molecule has 0 saturated carbocycles. The molecule has 0 amide bonds. The molecular formula is C12H15ClN4O. The first kappa shape index (κ1) is 12.7. The predicted molar refractivity (Wildman–Crippen MR) is 71.0 cm³/mol. The summed E-state index contributed by atoms with van der Waals surface area (Å²) in [6, 6.07) is 3.75. The first-order valence-electron chi connectivity index (χ1n) is 5.69. The Bertz CT molecular complexity index is 509. The van der Waals surface area contributed by atoms with Crippen LogP contribution in [0.15, 0.2) is 24.5 Å². The molecule has 0 aliphatic rings. The third kappa shape index (κ3) is 2.92. The van der Waals surface area contributed by atoms with Crippen LogP contribution in [0.4, 0.5) is 5.69 Å². The Hall–Kier alpha value is -1.75. The minimum atomic E-state index is 0.596. The Morgan fingerprint density at radius 1 is 1.33 bits per heavy atom. The second kappa shape index (κ2) is 5.73. The molecule has 2 aromatic heterocycles. The molecule has 2 heterocycles. The Morgan fingerprint density at radius 2 is 2.17 bits per heavy atom. The van der Waals surface area contributed by atoms with Gasteiger partial charge >= 0.3 is 0 Å². The number of ether oxygens (including phenoxy) is 1. The van der Waals surface area contributed by atoms with Gasteiger partial charge < -0.3 is 14.6 Å². The zero-order valence-corrected chi connectivity index (χ0v) is 11.1. The Labute approximate surface area is 111 Å². The van der Waals surface area contributed by atoms with Crippen LogP contribution in [0.1, 0.15) is 12.7 Å². The lowest BCUT2D eigenvalue weighted by Gasteiger charge is -2.07. The molecule has 0 spiro atoms. The highest BCUT2D eigenvalue weighted by atomic mass is 35.5. The molecule has 2 rings (SSSR count). The molecule has 0 saturated heterocycles.